The average Bonchev–Trinajstić information content (AvgIpc) is 3.37. The van der Waals surface area contributed by atoms with Gasteiger partial charge >= 0.3 is 0 Å². The van der Waals surface area contributed by atoms with Crippen LogP contribution >= 0.6 is 34.5 Å². The third-order valence-electron chi connectivity index (χ3n) is 6.05. The zero-order valence-corrected chi connectivity index (χ0v) is 21.2. The van der Waals surface area contributed by atoms with E-state index in [1.54, 1.807) is 17.8 Å². The zero-order valence-electron chi connectivity index (χ0n) is 18.9. The largest absolute Gasteiger partial charge is 0.347 e. The van der Waals surface area contributed by atoms with Crippen LogP contribution in [-0.4, -0.2) is 46.6 Å². The molecule has 13 heteroatoms. The number of halogens is 4. The van der Waals surface area contributed by atoms with Gasteiger partial charge in [0.15, 0.2) is 11.6 Å². The molecule has 1 fully saturated rings. The number of thiophene rings is 1. The van der Waals surface area contributed by atoms with Crippen molar-refractivity contribution >= 4 is 52.8 Å². The highest BCUT2D eigenvalue weighted by Gasteiger charge is 2.34. The number of hydrogen-bond donors (Lipinski definition) is 3. The molecule has 2 aromatic heterocycles. The number of amides is 3. The number of rotatable bonds is 7. The SMILES string of the molecule is Cn1ncc(Cl)c1-c1cc(C(=O)N[C@@H]2CNC(CC(=O)NC=O)C[C@H]2c2ccc(F)c(F)c2)sc1Cl. The number of aromatic nitrogens is 2. The molecule has 0 saturated carbocycles. The van der Waals surface area contributed by atoms with Crippen molar-refractivity contribution in [3.05, 3.63) is 61.9 Å². The van der Waals surface area contributed by atoms with Gasteiger partial charge in [0.1, 0.15) is 4.34 Å². The minimum atomic E-state index is -1.01. The quantitative estimate of drug-likeness (QED) is 0.386. The molecule has 0 spiro atoms. The average molecular weight is 556 g/mol. The van der Waals surface area contributed by atoms with Crippen molar-refractivity contribution in [3.63, 3.8) is 0 Å². The molecule has 0 radical (unpaired) electrons. The van der Waals surface area contributed by atoms with Gasteiger partial charge in [0.05, 0.1) is 21.8 Å². The molecule has 1 aliphatic rings. The van der Waals surface area contributed by atoms with Gasteiger partial charge in [0.25, 0.3) is 5.91 Å². The van der Waals surface area contributed by atoms with Crippen molar-refractivity contribution in [2.24, 2.45) is 7.05 Å². The van der Waals surface area contributed by atoms with Gasteiger partial charge in [-0.25, -0.2) is 8.78 Å². The fourth-order valence-corrected chi connectivity index (χ4v) is 5.80. The normalized spacial score (nSPS) is 19.6. The smallest absolute Gasteiger partial charge is 0.261 e. The molecular weight excluding hydrogens is 535 g/mol. The number of nitrogens with zero attached hydrogens (tertiary/aromatic N) is 2. The van der Waals surface area contributed by atoms with Crippen LogP contribution in [0.5, 0.6) is 0 Å². The molecular formula is C23H21Cl2F2N5O3S. The van der Waals surface area contributed by atoms with Crippen molar-refractivity contribution in [3.8, 4) is 11.3 Å². The standard InChI is InChI=1S/C23H21Cl2F2N5O3S/c1-32-21(15(24)8-30-32)14-7-19(36-22(14)25)23(35)31-18-9-28-12(6-20(34)29-10-33)5-13(18)11-2-3-16(26)17(27)4-11/h2-4,7-8,10,12-13,18,28H,5-6,9H2,1H3,(H,31,35)(H,29,33,34)/t12?,13-,18+/m0/s1. The van der Waals surface area contributed by atoms with E-state index >= 15 is 0 Å². The molecule has 36 heavy (non-hydrogen) atoms. The Morgan fingerprint density at radius 1 is 1.28 bits per heavy atom. The number of benzene rings is 1. The number of piperidine rings is 1. The first-order chi connectivity index (χ1) is 17.2. The van der Waals surface area contributed by atoms with Crippen molar-refractivity contribution < 1.29 is 23.2 Å². The van der Waals surface area contributed by atoms with E-state index in [0.717, 1.165) is 23.5 Å². The van der Waals surface area contributed by atoms with Crippen molar-refractivity contribution in [1.29, 1.82) is 0 Å². The highest BCUT2D eigenvalue weighted by Crippen LogP contribution is 2.39. The van der Waals surface area contributed by atoms with Gasteiger partial charge in [0, 0.05) is 43.6 Å². The lowest BCUT2D eigenvalue weighted by Gasteiger charge is -2.37. The number of hydrogen-bond acceptors (Lipinski definition) is 6. The highest BCUT2D eigenvalue weighted by molar-refractivity contribution is 7.18. The Bertz CT molecular complexity index is 1300. The van der Waals surface area contributed by atoms with Gasteiger partial charge in [-0.15, -0.1) is 11.3 Å². The van der Waals surface area contributed by atoms with E-state index in [1.807, 2.05) is 0 Å². The predicted molar refractivity (Wildman–Crippen MR) is 132 cm³/mol. The monoisotopic (exact) mass is 555 g/mol. The van der Waals surface area contributed by atoms with Crippen molar-refractivity contribution in [2.75, 3.05) is 6.54 Å². The number of nitrogens with one attached hydrogen (secondary N) is 3. The number of aryl methyl sites for hydroxylation is 1. The van der Waals surface area contributed by atoms with Crippen LogP contribution in [0.15, 0.2) is 30.5 Å². The molecule has 3 atom stereocenters. The Balaban J connectivity index is 1.57. The molecule has 3 N–H and O–H groups in total. The molecule has 3 amide bonds. The fourth-order valence-electron chi connectivity index (χ4n) is 4.35. The summed E-state index contributed by atoms with van der Waals surface area (Å²) in [5.74, 6) is -3.29. The maximum absolute atomic E-state index is 14.0. The highest BCUT2D eigenvalue weighted by atomic mass is 35.5. The summed E-state index contributed by atoms with van der Waals surface area (Å²) in [6.07, 6.45) is 2.13. The van der Waals surface area contributed by atoms with E-state index in [0.29, 0.717) is 43.9 Å². The van der Waals surface area contributed by atoms with Crippen LogP contribution in [0.25, 0.3) is 11.3 Å². The van der Waals surface area contributed by atoms with Crippen LogP contribution in [0.1, 0.15) is 34.0 Å². The van der Waals surface area contributed by atoms with Crippen LogP contribution in [0.3, 0.4) is 0 Å². The minimum Gasteiger partial charge on any atom is -0.347 e. The lowest BCUT2D eigenvalue weighted by Crippen LogP contribution is -2.54. The molecule has 8 nitrogen and oxygen atoms in total. The van der Waals surface area contributed by atoms with Gasteiger partial charge in [-0.3, -0.25) is 24.4 Å². The van der Waals surface area contributed by atoms with Gasteiger partial charge < -0.3 is 10.6 Å². The van der Waals surface area contributed by atoms with E-state index in [1.165, 1.54) is 12.3 Å². The molecule has 190 valence electrons. The summed E-state index contributed by atoms with van der Waals surface area (Å²) in [5.41, 5.74) is 1.62. The third-order valence-corrected chi connectivity index (χ3v) is 7.68. The summed E-state index contributed by atoms with van der Waals surface area (Å²) in [5, 5.41) is 12.7. The predicted octanol–water partition coefficient (Wildman–Crippen LogP) is 3.64. The Morgan fingerprint density at radius 2 is 2.06 bits per heavy atom. The van der Waals surface area contributed by atoms with Crippen LogP contribution in [0, 0.1) is 11.6 Å². The number of imide groups is 1. The van der Waals surface area contributed by atoms with Crippen LogP contribution in [0.2, 0.25) is 9.36 Å². The van der Waals surface area contributed by atoms with Crippen LogP contribution < -0.4 is 16.0 Å². The second kappa shape index (κ2) is 11.0. The zero-order chi connectivity index (χ0) is 26.0. The third kappa shape index (κ3) is 5.59. The van der Waals surface area contributed by atoms with E-state index in [2.05, 4.69) is 21.0 Å². The lowest BCUT2D eigenvalue weighted by molar-refractivity contribution is -0.125. The number of carbonyl (C=O) groups excluding carboxylic acids is 3. The van der Waals surface area contributed by atoms with Gasteiger partial charge in [0.2, 0.25) is 12.3 Å². The van der Waals surface area contributed by atoms with E-state index in [4.69, 9.17) is 23.2 Å². The molecule has 1 aliphatic heterocycles. The second-order valence-corrected chi connectivity index (χ2v) is 10.4. The second-order valence-electron chi connectivity index (χ2n) is 8.35. The van der Waals surface area contributed by atoms with Gasteiger partial charge in [-0.2, -0.15) is 5.10 Å². The number of carbonyl (C=O) groups is 3. The molecule has 1 aromatic carbocycles. The molecule has 1 unspecified atom stereocenters. The van der Waals surface area contributed by atoms with Crippen molar-refractivity contribution in [2.45, 2.75) is 30.8 Å². The Morgan fingerprint density at radius 3 is 2.72 bits per heavy atom. The van der Waals surface area contributed by atoms with E-state index in [-0.39, 0.29) is 19.0 Å². The fraction of sp³-hybridized carbons (Fsp3) is 0.304. The molecule has 1 saturated heterocycles. The Hall–Kier alpha value is -2.86. The van der Waals surface area contributed by atoms with Gasteiger partial charge in [-0.05, 0) is 30.2 Å². The van der Waals surface area contributed by atoms with Gasteiger partial charge in [-0.1, -0.05) is 29.3 Å². The topological polar surface area (TPSA) is 105 Å². The maximum Gasteiger partial charge on any atom is 0.261 e. The summed E-state index contributed by atoms with van der Waals surface area (Å²) in [7, 11) is 1.71. The molecule has 3 heterocycles. The molecule has 0 bridgehead atoms. The first kappa shape index (κ1) is 26.2. The molecule has 4 rings (SSSR count). The van der Waals surface area contributed by atoms with Crippen molar-refractivity contribution in [1.82, 2.24) is 25.7 Å². The Labute approximate surface area is 219 Å². The minimum absolute atomic E-state index is 0.00886. The first-order valence-corrected chi connectivity index (χ1v) is 12.4. The van der Waals surface area contributed by atoms with E-state index < -0.39 is 35.4 Å². The van der Waals surface area contributed by atoms with E-state index in [9.17, 15) is 23.2 Å². The molecule has 3 aromatic rings. The summed E-state index contributed by atoms with van der Waals surface area (Å²) >= 11 is 13.7. The summed E-state index contributed by atoms with van der Waals surface area (Å²) < 4.78 is 29.5. The van der Waals surface area contributed by atoms with Crippen LogP contribution in [-0.2, 0) is 16.6 Å². The summed E-state index contributed by atoms with van der Waals surface area (Å²) in [6.45, 7) is 0.258. The summed E-state index contributed by atoms with van der Waals surface area (Å²) in [4.78, 5) is 36.0. The maximum atomic E-state index is 14.0. The lowest BCUT2D eigenvalue weighted by atomic mass is 9.81. The van der Waals surface area contributed by atoms with Crippen LogP contribution in [0.4, 0.5) is 8.78 Å². The summed E-state index contributed by atoms with van der Waals surface area (Å²) in [6, 6.07) is 4.37. The molecule has 0 aliphatic carbocycles. The Kier molecular flexibility index (Phi) is 8.04. The first-order valence-electron chi connectivity index (χ1n) is 10.9.